The highest BCUT2D eigenvalue weighted by Crippen LogP contribution is 2.39. The SMILES string of the molecule is CO[C@]1(C)C[C@@H](C)CN(C)[C@H](C2CN(C(=O)CN3CC(F)(F)C3)C2)COC(=O)C(C)(C)C(=O)[C@H](C)[C@H]1O[C@@H]1O[C@H](C)C[C@H](N(C)C)[C@H]1O. The number of aliphatic hydroxyl groups is 1. The average Bonchev–Trinajstić information content (AvgIpc) is 2.95. The number of hydrogen-bond acceptors (Lipinski definition) is 11. The number of halogens is 2. The lowest BCUT2D eigenvalue weighted by Crippen LogP contribution is -2.63. The number of Topliss-reactive ketones (excluding diaryl/α,β-unsaturated/α-hetero) is 1. The topological polar surface area (TPSA) is 121 Å². The number of aliphatic hydroxyl groups excluding tert-OH is 1. The zero-order valence-electron chi connectivity index (χ0n) is 30.4. The predicted molar refractivity (Wildman–Crippen MR) is 173 cm³/mol. The second-order valence-corrected chi connectivity index (χ2v) is 15.9. The minimum atomic E-state index is -2.73. The van der Waals surface area contributed by atoms with Gasteiger partial charge >= 0.3 is 5.97 Å². The Morgan fingerprint density at radius 2 is 1.71 bits per heavy atom. The van der Waals surface area contributed by atoms with Gasteiger partial charge in [0.15, 0.2) is 12.1 Å². The van der Waals surface area contributed by atoms with Gasteiger partial charge in [-0.2, -0.15) is 0 Å². The number of alkyl halides is 2. The lowest BCUT2D eigenvalue weighted by molar-refractivity contribution is -0.295. The largest absolute Gasteiger partial charge is 0.463 e. The van der Waals surface area contributed by atoms with Crippen molar-refractivity contribution in [2.75, 3.05) is 74.1 Å². The Kier molecular flexibility index (Phi) is 12.0. The monoisotopic (exact) mass is 688 g/mol. The first-order chi connectivity index (χ1) is 22.2. The van der Waals surface area contributed by atoms with Crippen LogP contribution in [-0.2, 0) is 33.3 Å². The maximum absolute atomic E-state index is 14.2. The summed E-state index contributed by atoms with van der Waals surface area (Å²) in [5, 5.41) is 11.3. The molecular weight excluding hydrogens is 630 g/mol. The molecule has 0 aliphatic carbocycles. The van der Waals surface area contributed by atoms with Gasteiger partial charge in [-0.15, -0.1) is 0 Å². The molecule has 4 rings (SSSR count). The third-order valence-corrected chi connectivity index (χ3v) is 11.0. The van der Waals surface area contributed by atoms with Crippen LogP contribution in [-0.4, -0.2) is 165 Å². The zero-order valence-corrected chi connectivity index (χ0v) is 30.4. The molecule has 4 fully saturated rings. The summed E-state index contributed by atoms with van der Waals surface area (Å²) in [6.45, 7) is 11.3. The van der Waals surface area contributed by atoms with Crippen LogP contribution in [0.15, 0.2) is 0 Å². The van der Waals surface area contributed by atoms with Crippen molar-refractivity contribution >= 4 is 17.7 Å². The van der Waals surface area contributed by atoms with Crippen molar-refractivity contribution in [3.05, 3.63) is 0 Å². The highest BCUT2D eigenvalue weighted by molar-refractivity contribution is 6.04. The first-order valence-electron chi connectivity index (χ1n) is 17.2. The molecule has 4 saturated heterocycles. The molecule has 14 heteroatoms. The number of nitrogens with zero attached hydrogens (tertiary/aromatic N) is 4. The molecule has 4 heterocycles. The molecule has 9 atom stereocenters. The fourth-order valence-corrected chi connectivity index (χ4v) is 8.03. The Morgan fingerprint density at radius 1 is 1.08 bits per heavy atom. The second kappa shape index (κ2) is 14.8. The van der Waals surface area contributed by atoms with Crippen molar-refractivity contribution < 1.29 is 47.2 Å². The van der Waals surface area contributed by atoms with Crippen molar-refractivity contribution in [2.45, 2.75) is 103 Å². The molecule has 0 bridgehead atoms. The molecule has 1 amide bonds. The first-order valence-corrected chi connectivity index (χ1v) is 17.2. The van der Waals surface area contributed by atoms with Crippen LogP contribution >= 0.6 is 0 Å². The molecule has 4 aliphatic rings. The van der Waals surface area contributed by atoms with Gasteiger partial charge in [-0.3, -0.25) is 24.2 Å². The molecule has 12 nitrogen and oxygen atoms in total. The minimum Gasteiger partial charge on any atom is -0.463 e. The number of carbonyl (C=O) groups excluding carboxylic acids is 3. The van der Waals surface area contributed by atoms with Crippen LogP contribution in [0.25, 0.3) is 0 Å². The number of cyclic esters (lactones) is 1. The standard InChI is InChI=1S/C34H58F2N4O8/c1-20-12-33(6,45-10)29(48-30-27(42)24(37(7)8)11-21(2)47-30)22(3)28(43)32(4,5)31(44)46-17-25(38(9)13-20)23-14-40(15-23)26(41)16-39-18-34(35,36)19-39/h20-25,27,29-30,42H,11-19H2,1-10H3/t20-,21-,22+,24+,25+,27-,29-,30+,33-/m1/s1. The van der Waals surface area contributed by atoms with Crippen molar-refractivity contribution in [1.82, 2.24) is 19.6 Å². The Balaban J connectivity index is 1.55. The lowest BCUT2D eigenvalue weighted by Gasteiger charge is -2.48. The number of likely N-dealkylation sites (tertiary alicyclic amines) is 2. The van der Waals surface area contributed by atoms with E-state index in [0.29, 0.717) is 32.5 Å². The quantitative estimate of drug-likeness (QED) is 0.311. The molecular formula is C34H58F2N4O8. The molecule has 0 aromatic rings. The number of ether oxygens (including phenoxy) is 4. The summed E-state index contributed by atoms with van der Waals surface area (Å²) in [6, 6.07) is -0.462. The van der Waals surface area contributed by atoms with Gasteiger partial charge in [-0.1, -0.05) is 13.8 Å². The van der Waals surface area contributed by atoms with Gasteiger partial charge in [-0.25, -0.2) is 8.78 Å². The van der Waals surface area contributed by atoms with Gasteiger partial charge < -0.3 is 33.9 Å². The zero-order chi connectivity index (χ0) is 35.9. The highest BCUT2D eigenvalue weighted by atomic mass is 19.3. The molecule has 0 radical (unpaired) electrons. The normalized spacial score (nSPS) is 39.1. The van der Waals surface area contributed by atoms with Crippen LogP contribution < -0.4 is 0 Å². The van der Waals surface area contributed by atoms with Gasteiger partial charge in [0.1, 0.15) is 18.1 Å². The van der Waals surface area contributed by atoms with Gasteiger partial charge in [0.2, 0.25) is 5.91 Å². The van der Waals surface area contributed by atoms with Crippen LogP contribution in [0.3, 0.4) is 0 Å². The molecule has 0 spiro atoms. The number of amides is 1. The number of carbonyl (C=O) groups is 3. The van der Waals surface area contributed by atoms with E-state index in [2.05, 4.69) is 11.8 Å². The van der Waals surface area contributed by atoms with Crippen molar-refractivity contribution in [3.8, 4) is 0 Å². The van der Waals surface area contributed by atoms with Crippen molar-refractivity contribution in [2.24, 2.45) is 23.2 Å². The van der Waals surface area contributed by atoms with Crippen LogP contribution in [0.5, 0.6) is 0 Å². The van der Waals surface area contributed by atoms with Gasteiger partial charge in [-0.05, 0) is 67.6 Å². The summed E-state index contributed by atoms with van der Waals surface area (Å²) >= 11 is 0. The third kappa shape index (κ3) is 8.38. The molecule has 276 valence electrons. The number of methoxy groups -OCH3 is 1. The Labute approximate surface area is 284 Å². The van der Waals surface area contributed by atoms with E-state index in [1.165, 1.54) is 4.90 Å². The average molecular weight is 689 g/mol. The van der Waals surface area contributed by atoms with E-state index in [1.807, 2.05) is 39.9 Å². The highest BCUT2D eigenvalue weighted by Gasteiger charge is 2.52. The minimum absolute atomic E-state index is 0.0129. The molecule has 0 unspecified atom stereocenters. The van der Waals surface area contributed by atoms with Crippen LogP contribution in [0.2, 0.25) is 0 Å². The van der Waals surface area contributed by atoms with Gasteiger partial charge in [0.25, 0.3) is 5.92 Å². The molecule has 0 aromatic heterocycles. The van der Waals surface area contributed by atoms with E-state index >= 15 is 0 Å². The fourth-order valence-electron chi connectivity index (χ4n) is 8.03. The Hall–Kier alpha value is -1.81. The van der Waals surface area contributed by atoms with Crippen LogP contribution in [0.4, 0.5) is 8.78 Å². The molecule has 0 saturated carbocycles. The Bertz CT molecular complexity index is 1160. The summed E-state index contributed by atoms with van der Waals surface area (Å²) in [5.41, 5.74) is -2.53. The Morgan fingerprint density at radius 3 is 2.27 bits per heavy atom. The number of likely N-dealkylation sites (N-methyl/N-ethyl adjacent to an activating group) is 2. The molecule has 4 aliphatic heterocycles. The number of esters is 1. The molecule has 48 heavy (non-hydrogen) atoms. The number of rotatable bonds is 7. The number of ketones is 1. The van der Waals surface area contributed by atoms with E-state index in [9.17, 15) is 28.3 Å². The second-order valence-electron chi connectivity index (χ2n) is 15.9. The third-order valence-electron chi connectivity index (χ3n) is 11.0. The molecule has 1 N–H and O–H groups in total. The van der Waals surface area contributed by atoms with E-state index in [0.717, 1.165) is 0 Å². The summed E-state index contributed by atoms with van der Waals surface area (Å²) < 4.78 is 51.3. The van der Waals surface area contributed by atoms with E-state index in [4.69, 9.17) is 18.9 Å². The first kappa shape index (κ1) is 39.0. The van der Waals surface area contributed by atoms with Crippen molar-refractivity contribution in [3.63, 3.8) is 0 Å². The smallest absolute Gasteiger partial charge is 0.319 e. The maximum atomic E-state index is 14.2. The summed E-state index contributed by atoms with van der Waals surface area (Å²) in [7, 11) is 7.31. The van der Waals surface area contributed by atoms with E-state index in [-0.39, 0.29) is 54.9 Å². The lowest BCUT2D eigenvalue weighted by atomic mass is 9.74. The van der Waals surface area contributed by atoms with E-state index in [1.54, 1.807) is 32.8 Å². The summed E-state index contributed by atoms with van der Waals surface area (Å²) in [4.78, 5) is 47.8. The predicted octanol–water partition coefficient (Wildman–Crippen LogP) is 1.73. The number of hydrogen-bond donors (Lipinski definition) is 1. The fraction of sp³-hybridized carbons (Fsp3) is 0.912. The summed E-state index contributed by atoms with van der Waals surface area (Å²) in [5.74, 6) is -4.79. The van der Waals surface area contributed by atoms with Gasteiger partial charge in [0, 0.05) is 50.7 Å². The molecule has 0 aromatic carbocycles. The van der Waals surface area contributed by atoms with E-state index < -0.39 is 60.4 Å². The van der Waals surface area contributed by atoms with Crippen molar-refractivity contribution in [1.29, 1.82) is 0 Å². The maximum Gasteiger partial charge on any atom is 0.319 e. The van der Waals surface area contributed by atoms with Crippen LogP contribution in [0.1, 0.15) is 54.4 Å². The van der Waals surface area contributed by atoms with Crippen LogP contribution in [0, 0.1) is 23.2 Å². The van der Waals surface area contributed by atoms with Gasteiger partial charge in [0.05, 0.1) is 37.4 Å². The summed E-state index contributed by atoms with van der Waals surface area (Å²) in [6.07, 6.45) is -1.98.